The van der Waals surface area contributed by atoms with Crippen LogP contribution in [0.1, 0.15) is 52.9 Å². The molecule has 6 rings (SSSR count). The predicted molar refractivity (Wildman–Crippen MR) is 134 cm³/mol. The lowest BCUT2D eigenvalue weighted by molar-refractivity contribution is -0.232. The molecule has 2 aliphatic carbocycles. The third-order valence-corrected chi connectivity index (χ3v) is 10.4. The molecule has 10 heteroatoms. The molecule has 4 bridgehead atoms. The van der Waals surface area contributed by atoms with Gasteiger partial charge in [-0.1, -0.05) is 24.6 Å². The molecule has 4 heterocycles. The quantitative estimate of drug-likeness (QED) is 0.283. The Kier molecular flexibility index (Phi) is 6.24. The van der Waals surface area contributed by atoms with Crippen molar-refractivity contribution in [1.29, 1.82) is 0 Å². The second kappa shape index (κ2) is 9.07. The molecule has 2 spiro atoms. The number of rotatable bonds is 1. The molecule has 4 aliphatic heterocycles. The van der Waals surface area contributed by atoms with Crippen molar-refractivity contribution in [3.8, 4) is 0 Å². The smallest absolute Gasteiger partial charge is 0.330 e. The van der Waals surface area contributed by atoms with Gasteiger partial charge in [-0.05, 0) is 45.1 Å². The Hall–Kier alpha value is -2.37. The van der Waals surface area contributed by atoms with E-state index in [1.54, 1.807) is 0 Å². The molecule has 212 valence electrons. The third-order valence-electron chi connectivity index (χ3n) is 10.4. The summed E-state index contributed by atoms with van der Waals surface area (Å²) in [7, 11) is 0. The number of aliphatic hydroxyl groups is 2. The number of carbonyl (C=O) groups is 3. The van der Waals surface area contributed by atoms with Crippen LogP contribution < -0.4 is 0 Å². The fourth-order valence-electron chi connectivity index (χ4n) is 7.96. The first-order valence-corrected chi connectivity index (χ1v) is 13.7. The fraction of sp³-hybridized carbons (Fsp3) is 0.690. The summed E-state index contributed by atoms with van der Waals surface area (Å²) < 4.78 is 30.4. The summed E-state index contributed by atoms with van der Waals surface area (Å²) in [5.41, 5.74) is -2.60. The van der Waals surface area contributed by atoms with Crippen molar-refractivity contribution in [2.45, 2.75) is 94.6 Å². The van der Waals surface area contributed by atoms with Crippen LogP contribution >= 0.6 is 0 Å². The average molecular weight is 545 g/mol. The zero-order chi connectivity index (χ0) is 27.8. The van der Waals surface area contributed by atoms with E-state index in [2.05, 4.69) is 19.9 Å². The Morgan fingerprint density at radius 2 is 1.85 bits per heavy atom. The van der Waals surface area contributed by atoms with Gasteiger partial charge in [0, 0.05) is 24.0 Å². The summed E-state index contributed by atoms with van der Waals surface area (Å²) in [4.78, 5) is 39.0. The van der Waals surface area contributed by atoms with Gasteiger partial charge in [-0.3, -0.25) is 4.79 Å². The summed E-state index contributed by atoms with van der Waals surface area (Å²) in [6.45, 7) is 5.82. The molecule has 0 radical (unpaired) electrons. The maximum Gasteiger partial charge on any atom is 0.330 e. The minimum Gasteiger partial charge on any atom is -0.462 e. The zero-order valence-corrected chi connectivity index (χ0v) is 22.5. The highest BCUT2D eigenvalue weighted by Crippen LogP contribution is 2.72. The summed E-state index contributed by atoms with van der Waals surface area (Å²) in [5.74, 6) is -1.86. The van der Waals surface area contributed by atoms with Crippen LogP contribution in [0.15, 0.2) is 35.5 Å². The van der Waals surface area contributed by atoms with Gasteiger partial charge in [0.1, 0.15) is 24.4 Å². The van der Waals surface area contributed by atoms with E-state index in [1.165, 1.54) is 30.7 Å². The van der Waals surface area contributed by atoms with Crippen molar-refractivity contribution in [3.05, 3.63) is 35.5 Å². The topological polar surface area (TPSA) is 141 Å². The Balaban J connectivity index is 1.43. The number of hydrogen-bond acceptors (Lipinski definition) is 10. The first kappa shape index (κ1) is 26.8. The van der Waals surface area contributed by atoms with Crippen LogP contribution in [0.3, 0.4) is 0 Å². The number of hydrogen-bond donors (Lipinski definition) is 2. The van der Waals surface area contributed by atoms with Gasteiger partial charge < -0.3 is 33.9 Å². The number of allylic oxidation sites excluding steroid dienone is 1. The van der Waals surface area contributed by atoms with Crippen LogP contribution in [0.5, 0.6) is 0 Å². The van der Waals surface area contributed by atoms with Crippen LogP contribution in [0, 0.1) is 10.8 Å². The Bertz CT molecular complexity index is 1180. The molecule has 39 heavy (non-hydrogen) atoms. The highest BCUT2D eigenvalue weighted by Gasteiger charge is 2.83. The highest BCUT2D eigenvalue weighted by atomic mass is 16.6. The summed E-state index contributed by atoms with van der Waals surface area (Å²) >= 11 is 0. The molecule has 0 aromatic heterocycles. The minimum absolute atomic E-state index is 0.00461. The first-order chi connectivity index (χ1) is 18.5. The number of fused-ring (bicyclic) bond motifs is 2. The number of epoxide rings is 1. The maximum atomic E-state index is 13.2. The SMILES string of the molecule is CC(=O)C12OCCC(=CC(=O)OCC34CCC(C)=CC3OC3CC(OC(=O)C=CCC1O)C4(C)C31CO1)C2O. The van der Waals surface area contributed by atoms with Gasteiger partial charge in [-0.2, -0.15) is 0 Å². The standard InChI is InChI=1S/C29H36O10/c1-16-7-9-27-14-35-24(33)12-18-8-10-36-29(17(2)30,25(18)34)19(31)5-4-6-23(32)39-20-13-22(38-21(27)11-16)28(15-37-28)26(20,27)3/h4,6,11-12,19-22,25,31,34H,5,7-10,13-15H2,1-3H3. The number of carbonyl (C=O) groups excluding carboxylic acids is 3. The average Bonchev–Trinajstić information content (AvgIpc) is 3.66. The largest absolute Gasteiger partial charge is 0.462 e. The van der Waals surface area contributed by atoms with Crippen LogP contribution in [-0.4, -0.2) is 89.5 Å². The molecule has 0 aromatic rings. The Labute approximate surface area is 226 Å². The van der Waals surface area contributed by atoms with Gasteiger partial charge in [0.15, 0.2) is 11.4 Å². The molecular weight excluding hydrogens is 508 g/mol. The Morgan fingerprint density at radius 1 is 1.08 bits per heavy atom. The van der Waals surface area contributed by atoms with E-state index in [-0.39, 0.29) is 43.8 Å². The van der Waals surface area contributed by atoms with E-state index >= 15 is 0 Å². The van der Waals surface area contributed by atoms with Gasteiger partial charge in [0.05, 0.1) is 36.9 Å². The lowest BCUT2D eigenvalue weighted by atomic mass is 9.51. The van der Waals surface area contributed by atoms with Crippen molar-refractivity contribution in [3.63, 3.8) is 0 Å². The van der Waals surface area contributed by atoms with Crippen molar-refractivity contribution in [1.82, 2.24) is 0 Å². The third kappa shape index (κ3) is 3.61. The zero-order valence-electron chi connectivity index (χ0n) is 22.5. The van der Waals surface area contributed by atoms with E-state index < -0.39 is 58.1 Å². The summed E-state index contributed by atoms with van der Waals surface area (Å²) in [6, 6.07) is 0. The maximum absolute atomic E-state index is 13.2. The van der Waals surface area contributed by atoms with Gasteiger partial charge in [0.25, 0.3) is 0 Å². The summed E-state index contributed by atoms with van der Waals surface area (Å²) in [6.07, 6.45) is 3.64. The second-order valence-corrected chi connectivity index (χ2v) is 12.1. The first-order valence-electron chi connectivity index (χ1n) is 13.7. The monoisotopic (exact) mass is 544 g/mol. The molecule has 3 saturated heterocycles. The molecule has 6 aliphatic rings. The van der Waals surface area contributed by atoms with Crippen molar-refractivity contribution in [2.24, 2.45) is 10.8 Å². The van der Waals surface area contributed by atoms with Gasteiger partial charge >= 0.3 is 11.9 Å². The highest BCUT2D eigenvalue weighted by molar-refractivity contribution is 5.89. The van der Waals surface area contributed by atoms with E-state index in [0.717, 1.165) is 6.42 Å². The molecule has 1 saturated carbocycles. The summed E-state index contributed by atoms with van der Waals surface area (Å²) in [5, 5.41) is 22.2. The van der Waals surface area contributed by atoms with Crippen LogP contribution in [0.4, 0.5) is 0 Å². The number of ether oxygens (including phenoxy) is 5. The van der Waals surface area contributed by atoms with E-state index in [1.807, 2.05) is 0 Å². The van der Waals surface area contributed by atoms with Crippen LogP contribution in [0.2, 0.25) is 0 Å². The fourth-order valence-corrected chi connectivity index (χ4v) is 7.96. The number of ketones is 1. The molecular formula is C29H36O10. The molecule has 9 unspecified atom stereocenters. The molecule has 4 fully saturated rings. The molecule has 2 N–H and O–H groups in total. The van der Waals surface area contributed by atoms with E-state index in [0.29, 0.717) is 19.4 Å². The van der Waals surface area contributed by atoms with Crippen LogP contribution in [-0.2, 0) is 38.1 Å². The van der Waals surface area contributed by atoms with Crippen molar-refractivity contribution < 1.29 is 48.3 Å². The molecule has 0 amide bonds. The van der Waals surface area contributed by atoms with Gasteiger partial charge in [0.2, 0.25) is 0 Å². The van der Waals surface area contributed by atoms with Crippen molar-refractivity contribution in [2.75, 3.05) is 19.8 Å². The normalized spacial score (nSPS) is 47.5. The van der Waals surface area contributed by atoms with E-state index in [9.17, 15) is 24.6 Å². The minimum atomic E-state index is -1.97. The molecule has 10 nitrogen and oxygen atoms in total. The number of esters is 2. The Morgan fingerprint density at radius 3 is 2.56 bits per heavy atom. The van der Waals surface area contributed by atoms with Gasteiger partial charge in [-0.25, -0.2) is 9.59 Å². The predicted octanol–water partition coefficient (Wildman–Crippen LogP) is 1.47. The lowest BCUT2D eigenvalue weighted by Gasteiger charge is -2.58. The number of aliphatic hydroxyl groups excluding tert-OH is 2. The van der Waals surface area contributed by atoms with Gasteiger partial charge in [-0.15, -0.1) is 0 Å². The second-order valence-electron chi connectivity index (χ2n) is 12.1. The number of Topliss-reactive ketones (excluding diaryl/α,β-unsaturated/α-hetero) is 1. The molecule has 0 aromatic carbocycles. The van der Waals surface area contributed by atoms with E-state index in [4.69, 9.17) is 23.7 Å². The molecule has 9 atom stereocenters. The van der Waals surface area contributed by atoms with Crippen LogP contribution in [0.25, 0.3) is 0 Å². The van der Waals surface area contributed by atoms with Crippen molar-refractivity contribution >= 4 is 17.7 Å². The number of cyclic esters (lactones) is 1. The lowest BCUT2D eigenvalue weighted by Crippen LogP contribution is -2.66.